The molecule has 0 radical (unpaired) electrons. The highest BCUT2D eigenvalue weighted by Crippen LogP contribution is 2.04. The van der Waals surface area contributed by atoms with Gasteiger partial charge in [0, 0.05) is 25.2 Å². The average Bonchev–Trinajstić information content (AvgIpc) is 2.14. The second-order valence-corrected chi connectivity index (χ2v) is 6.59. The van der Waals surface area contributed by atoms with Gasteiger partial charge in [-0.1, -0.05) is 0 Å². The summed E-state index contributed by atoms with van der Waals surface area (Å²) >= 11 is 7.13. The maximum Gasteiger partial charge on any atom is 0.213 e. The van der Waals surface area contributed by atoms with E-state index < -0.39 is 10.0 Å². The van der Waals surface area contributed by atoms with E-state index in [2.05, 4.69) is 0 Å². The fourth-order valence-electron chi connectivity index (χ4n) is 0.894. The third-order valence-corrected chi connectivity index (χ3v) is 4.67. The molecule has 0 heterocycles. The summed E-state index contributed by atoms with van der Waals surface area (Å²) in [6.45, 7) is 0.588. The van der Waals surface area contributed by atoms with Gasteiger partial charge in [0.1, 0.15) is 0 Å². The lowest BCUT2D eigenvalue weighted by atomic mass is 10.4. The van der Waals surface area contributed by atoms with E-state index in [9.17, 15) is 8.42 Å². The fourth-order valence-corrected chi connectivity index (χ4v) is 2.90. The molecular weight excluding hydrogens is 242 g/mol. The maximum absolute atomic E-state index is 11.6. The van der Waals surface area contributed by atoms with Crippen molar-refractivity contribution in [1.82, 2.24) is 4.31 Å². The van der Waals surface area contributed by atoms with E-state index in [1.54, 1.807) is 18.8 Å². The lowest BCUT2D eigenvalue weighted by molar-refractivity contribution is 0.486. The minimum absolute atomic E-state index is 0.213. The molecule has 86 valence electrons. The minimum atomic E-state index is -3.04. The first kappa shape index (κ1) is 14.6. The topological polar surface area (TPSA) is 37.4 Å². The highest BCUT2D eigenvalue weighted by atomic mass is 35.5. The van der Waals surface area contributed by atoms with Crippen LogP contribution in [0.1, 0.15) is 12.8 Å². The zero-order valence-corrected chi connectivity index (χ0v) is 11.1. The third kappa shape index (κ3) is 6.11. The van der Waals surface area contributed by atoms with Gasteiger partial charge in [-0.05, 0) is 19.1 Å². The Bertz CT molecular complexity index is 231. The second-order valence-electron chi connectivity index (χ2n) is 3.03. The fraction of sp³-hybridized carbons (Fsp3) is 1.00. The molecule has 0 spiro atoms. The van der Waals surface area contributed by atoms with Crippen molar-refractivity contribution < 1.29 is 8.42 Å². The van der Waals surface area contributed by atoms with Crippen LogP contribution in [0.25, 0.3) is 0 Å². The molecule has 0 N–H and O–H groups in total. The van der Waals surface area contributed by atoms with Crippen LogP contribution < -0.4 is 0 Å². The van der Waals surface area contributed by atoms with Gasteiger partial charge >= 0.3 is 0 Å². The van der Waals surface area contributed by atoms with Gasteiger partial charge in [-0.3, -0.25) is 0 Å². The predicted octanol–water partition coefficient (Wildman–Crippen LogP) is 1.63. The monoisotopic (exact) mass is 259 g/mol. The molecule has 3 nitrogen and oxygen atoms in total. The van der Waals surface area contributed by atoms with Gasteiger partial charge < -0.3 is 0 Å². The van der Waals surface area contributed by atoms with Crippen molar-refractivity contribution in [3.05, 3.63) is 0 Å². The molecule has 0 bridgehead atoms. The van der Waals surface area contributed by atoms with Gasteiger partial charge in [0.15, 0.2) is 0 Å². The van der Waals surface area contributed by atoms with Crippen LogP contribution in [0.5, 0.6) is 0 Å². The molecule has 0 unspecified atom stereocenters. The molecule has 0 aromatic carbocycles. The number of unbranched alkanes of at least 4 members (excludes halogenated alkanes) is 1. The van der Waals surface area contributed by atoms with E-state index in [4.69, 9.17) is 11.6 Å². The Hall–Kier alpha value is 0.550. The van der Waals surface area contributed by atoms with E-state index >= 15 is 0 Å². The summed E-state index contributed by atoms with van der Waals surface area (Å²) in [7, 11) is -1.41. The van der Waals surface area contributed by atoms with Gasteiger partial charge in [-0.25, -0.2) is 12.7 Å². The quantitative estimate of drug-likeness (QED) is 0.491. The van der Waals surface area contributed by atoms with Gasteiger partial charge in [0.25, 0.3) is 0 Å². The van der Waals surface area contributed by atoms with Gasteiger partial charge in [0.2, 0.25) is 10.0 Å². The molecule has 0 fully saturated rings. The Morgan fingerprint density at radius 1 is 1.36 bits per heavy atom. The molecule has 0 aliphatic carbocycles. The van der Waals surface area contributed by atoms with Gasteiger partial charge in [-0.2, -0.15) is 11.8 Å². The number of nitrogens with zero attached hydrogens (tertiary/aromatic N) is 1. The SMILES string of the molecule is CSCCN(C)S(=O)(=O)CCCCCl. The molecule has 0 aromatic rings. The molecule has 6 heteroatoms. The Labute approximate surface area is 96.2 Å². The van der Waals surface area contributed by atoms with Crippen molar-refractivity contribution >= 4 is 33.4 Å². The number of sulfonamides is 1. The van der Waals surface area contributed by atoms with Crippen LogP contribution in [0.4, 0.5) is 0 Å². The number of rotatable bonds is 8. The predicted molar refractivity (Wildman–Crippen MR) is 64.8 cm³/mol. The second kappa shape index (κ2) is 7.79. The Morgan fingerprint density at radius 2 is 2.00 bits per heavy atom. The van der Waals surface area contributed by atoms with Crippen molar-refractivity contribution in [3.8, 4) is 0 Å². The summed E-state index contributed by atoms with van der Waals surface area (Å²) in [5.74, 6) is 1.58. The standard InChI is InChI=1S/C8H18ClNO2S2/c1-10(6-7-13-2)14(11,12)8-4-3-5-9/h3-8H2,1-2H3. The van der Waals surface area contributed by atoms with Crippen molar-refractivity contribution in [3.63, 3.8) is 0 Å². The first-order chi connectivity index (χ1) is 6.54. The van der Waals surface area contributed by atoms with Crippen LogP contribution in [-0.2, 0) is 10.0 Å². The molecule has 0 saturated carbocycles. The minimum Gasteiger partial charge on any atom is -0.212 e. The van der Waals surface area contributed by atoms with Gasteiger partial charge in [0.05, 0.1) is 5.75 Å². The van der Waals surface area contributed by atoms with E-state index in [-0.39, 0.29) is 5.75 Å². The molecule has 0 saturated heterocycles. The molecule has 0 amide bonds. The van der Waals surface area contributed by atoms with Crippen LogP contribution in [0.2, 0.25) is 0 Å². The molecular formula is C8H18ClNO2S2. The summed E-state index contributed by atoms with van der Waals surface area (Å²) in [6, 6.07) is 0. The number of hydrogen-bond acceptors (Lipinski definition) is 3. The van der Waals surface area contributed by atoms with Crippen molar-refractivity contribution in [2.45, 2.75) is 12.8 Å². The smallest absolute Gasteiger partial charge is 0.212 e. The molecule has 0 aliphatic rings. The lowest BCUT2D eigenvalue weighted by Crippen LogP contribution is -2.31. The number of halogens is 1. The number of hydrogen-bond donors (Lipinski definition) is 0. The highest BCUT2D eigenvalue weighted by Gasteiger charge is 2.16. The largest absolute Gasteiger partial charge is 0.213 e. The Kier molecular flexibility index (Phi) is 8.10. The average molecular weight is 260 g/mol. The van der Waals surface area contributed by atoms with Crippen LogP contribution >= 0.6 is 23.4 Å². The van der Waals surface area contributed by atoms with Crippen molar-refractivity contribution in [1.29, 1.82) is 0 Å². The zero-order valence-electron chi connectivity index (χ0n) is 8.70. The number of alkyl halides is 1. The van der Waals surface area contributed by atoms with E-state index in [1.807, 2.05) is 6.26 Å². The molecule has 0 rings (SSSR count). The lowest BCUT2D eigenvalue weighted by Gasteiger charge is -2.16. The normalized spacial score (nSPS) is 12.3. The molecule has 14 heavy (non-hydrogen) atoms. The van der Waals surface area contributed by atoms with Crippen molar-refractivity contribution in [2.24, 2.45) is 0 Å². The van der Waals surface area contributed by atoms with Crippen LogP contribution in [0.3, 0.4) is 0 Å². The van der Waals surface area contributed by atoms with E-state index in [1.165, 1.54) is 4.31 Å². The van der Waals surface area contributed by atoms with Crippen LogP contribution in [0, 0.1) is 0 Å². The molecule has 0 aliphatic heterocycles. The van der Waals surface area contributed by atoms with Crippen LogP contribution in [0.15, 0.2) is 0 Å². The first-order valence-electron chi connectivity index (χ1n) is 4.53. The summed E-state index contributed by atoms with van der Waals surface area (Å²) in [6.07, 6.45) is 3.38. The highest BCUT2D eigenvalue weighted by molar-refractivity contribution is 7.98. The Balaban J connectivity index is 3.91. The first-order valence-corrected chi connectivity index (χ1v) is 8.07. The van der Waals surface area contributed by atoms with E-state index in [0.29, 0.717) is 18.8 Å². The summed E-state index contributed by atoms with van der Waals surface area (Å²) in [5, 5.41) is 0. The molecule has 0 atom stereocenters. The molecule has 0 aromatic heterocycles. The van der Waals surface area contributed by atoms with E-state index in [0.717, 1.165) is 12.2 Å². The zero-order chi connectivity index (χ0) is 11.0. The number of thioether (sulfide) groups is 1. The summed E-state index contributed by atoms with van der Waals surface area (Å²) in [5.41, 5.74) is 0. The maximum atomic E-state index is 11.6. The third-order valence-electron chi connectivity index (χ3n) is 1.87. The van der Waals surface area contributed by atoms with Crippen LogP contribution in [-0.4, -0.2) is 50.0 Å². The summed E-state index contributed by atoms with van der Waals surface area (Å²) in [4.78, 5) is 0. The van der Waals surface area contributed by atoms with Gasteiger partial charge in [-0.15, -0.1) is 11.6 Å². The van der Waals surface area contributed by atoms with Crippen molar-refractivity contribution in [2.75, 3.05) is 37.2 Å². The summed E-state index contributed by atoms with van der Waals surface area (Å²) < 4.78 is 24.6. The Morgan fingerprint density at radius 3 is 2.50 bits per heavy atom.